The molecule has 1 atom stereocenters. The predicted molar refractivity (Wildman–Crippen MR) is 131 cm³/mol. The molecule has 4 nitrogen and oxygen atoms in total. The van der Waals surface area contributed by atoms with E-state index in [2.05, 4.69) is 41.9 Å². The number of aliphatic imine (C=N–C) groups is 2. The largest absolute Gasteiger partial charge is 0.368 e. The first-order valence-electron chi connectivity index (χ1n) is 11.1. The van der Waals surface area contributed by atoms with E-state index in [1.807, 2.05) is 24.4 Å². The van der Waals surface area contributed by atoms with Crippen LogP contribution in [0.5, 0.6) is 0 Å². The van der Waals surface area contributed by atoms with Gasteiger partial charge in [0.1, 0.15) is 5.82 Å². The normalized spacial score (nSPS) is 17.2. The maximum atomic E-state index is 13.8. The number of benzene rings is 1. The van der Waals surface area contributed by atoms with E-state index in [1.165, 1.54) is 38.2 Å². The van der Waals surface area contributed by atoms with Gasteiger partial charge in [-0.3, -0.25) is 15.3 Å². The van der Waals surface area contributed by atoms with E-state index in [4.69, 9.17) is 4.99 Å². The van der Waals surface area contributed by atoms with Gasteiger partial charge < -0.3 is 5.32 Å². The number of rotatable bonds is 12. The summed E-state index contributed by atoms with van der Waals surface area (Å²) >= 11 is 0. The molecule has 0 amide bonds. The molecule has 1 saturated carbocycles. The molecule has 1 aromatic carbocycles. The molecule has 2 N–H and O–H groups in total. The average Bonchev–Trinajstić information content (AvgIpc) is 2.79. The highest BCUT2D eigenvalue weighted by Crippen LogP contribution is 2.24. The fourth-order valence-corrected chi connectivity index (χ4v) is 3.77. The van der Waals surface area contributed by atoms with Crippen LogP contribution in [0, 0.1) is 5.82 Å². The van der Waals surface area contributed by atoms with Gasteiger partial charge in [-0.05, 0) is 67.6 Å². The van der Waals surface area contributed by atoms with E-state index in [1.54, 1.807) is 24.5 Å². The summed E-state index contributed by atoms with van der Waals surface area (Å²) in [6.07, 6.45) is 18.2. The van der Waals surface area contributed by atoms with Crippen molar-refractivity contribution in [3.05, 3.63) is 84.6 Å². The third-order valence-corrected chi connectivity index (χ3v) is 5.44. The van der Waals surface area contributed by atoms with E-state index >= 15 is 0 Å². The monoisotopic (exact) mass is 422 g/mol. The lowest BCUT2D eigenvalue weighted by Crippen LogP contribution is -2.31. The van der Waals surface area contributed by atoms with Gasteiger partial charge in [0.2, 0.25) is 0 Å². The lowest BCUT2D eigenvalue weighted by molar-refractivity contribution is 0.378. The fraction of sp³-hybridized carbons (Fsp3) is 0.385. The summed E-state index contributed by atoms with van der Waals surface area (Å²) in [5, 5.41) is 6.55. The number of nitrogens with one attached hydrogen (secondary N) is 2. The summed E-state index contributed by atoms with van der Waals surface area (Å²) in [5.74, 6) is -0.170. The molecule has 1 aliphatic rings. The van der Waals surface area contributed by atoms with Crippen molar-refractivity contribution < 1.29 is 4.39 Å². The van der Waals surface area contributed by atoms with Gasteiger partial charge in [0, 0.05) is 24.4 Å². The van der Waals surface area contributed by atoms with Gasteiger partial charge in [0.05, 0.1) is 12.4 Å². The van der Waals surface area contributed by atoms with Crippen LogP contribution in [0.1, 0.15) is 56.9 Å². The summed E-state index contributed by atoms with van der Waals surface area (Å²) in [5.41, 5.74) is 2.67. The maximum absolute atomic E-state index is 13.8. The smallest absolute Gasteiger partial charge is 0.123 e. The van der Waals surface area contributed by atoms with Crippen molar-refractivity contribution >= 4 is 12.4 Å². The van der Waals surface area contributed by atoms with Crippen LogP contribution in [0.4, 0.5) is 4.39 Å². The SMILES string of the molecule is C=CN/C=C\C(=C/C(CC)c1cccc(F)c1)C(/C=C\N=C)=NCNC1CCCCC1. The molecule has 1 unspecified atom stereocenters. The van der Waals surface area contributed by atoms with Crippen molar-refractivity contribution in [2.24, 2.45) is 9.98 Å². The van der Waals surface area contributed by atoms with E-state index in [-0.39, 0.29) is 11.7 Å². The zero-order chi connectivity index (χ0) is 22.3. The predicted octanol–water partition coefficient (Wildman–Crippen LogP) is 6.03. The summed E-state index contributed by atoms with van der Waals surface area (Å²) in [6, 6.07) is 7.30. The zero-order valence-electron chi connectivity index (χ0n) is 18.6. The van der Waals surface area contributed by atoms with E-state index in [0.717, 1.165) is 23.3 Å². The zero-order valence-corrected chi connectivity index (χ0v) is 18.6. The molecule has 0 aliphatic heterocycles. The lowest BCUT2D eigenvalue weighted by Gasteiger charge is -2.22. The molecular formula is C26H35FN4. The van der Waals surface area contributed by atoms with Gasteiger partial charge in [0.15, 0.2) is 0 Å². The van der Waals surface area contributed by atoms with Crippen LogP contribution < -0.4 is 10.6 Å². The van der Waals surface area contributed by atoms with Crippen LogP contribution in [-0.2, 0) is 0 Å². The first kappa shape index (κ1) is 24.5. The molecule has 166 valence electrons. The third kappa shape index (κ3) is 8.85. The maximum Gasteiger partial charge on any atom is 0.123 e. The van der Waals surface area contributed by atoms with Crippen molar-refractivity contribution in [3.8, 4) is 0 Å². The fourth-order valence-electron chi connectivity index (χ4n) is 3.77. The van der Waals surface area contributed by atoms with Crippen LogP contribution in [0.25, 0.3) is 0 Å². The summed E-state index contributed by atoms with van der Waals surface area (Å²) in [6.45, 7) is 9.87. The van der Waals surface area contributed by atoms with Crippen molar-refractivity contribution in [3.63, 3.8) is 0 Å². The minimum absolute atomic E-state index is 0.0562. The highest BCUT2D eigenvalue weighted by molar-refractivity contribution is 6.10. The van der Waals surface area contributed by atoms with Crippen LogP contribution in [-0.4, -0.2) is 25.1 Å². The number of hydrogen-bond acceptors (Lipinski definition) is 4. The Bertz CT molecular complexity index is 816. The Labute approximate surface area is 186 Å². The van der Waals surface area contributed by atoms with Gasteiger partial charge in [-0.15, -0.1) is 0 Å². The van der Waals surface area contributed by atoms with E-state index in [0.29, 0.717) is 12.7 Å². The van der Waals surface area contributed by atoms with E-state index < -0.39 is 0 Å². The molecule has 0 saturated heterocycles. The number of allylic oxidation sites excluding steroid dienone is 4. The molecule has 0 heterocycles. The van der Waals surface area contributed by atoms with Crippen LogP contribution in [0.15, 0.2) is 83.2 Å². The summed E-state index contributed by atoms with van der Waals surface area (Å²) < 4.78 is 13.8. The second-order valence-corrected chi connectivity index (χ2v) is 7.63. The van der Waals surface area contributed by atoms with Crippen molar-refractivity contribution in [1.29, 1.82) is 0 Å². The molecule has 31 heavy (non-hydrogen) atoms. The van der Waals surface area contributed by atoms with Crippen molar-refractivity contribution in [1.82, 2.24) is 10.6 Å². The minimum atomic E-state index is -0.226. The second kappa shape index (κ2) is 14.3. The molecule has 2 rings (SSSR count). The molecule has 1 aromatic rings. The summed E-state index contributed by atoms with van der Waals surface area (Å²) in [4.78, 5) is 8.67. The molecule has 1 fully saturated rings. The minimum Gasteiger partial charge on any atom is -0.368 e. The molecule has 1 aliphatic carbocycles. The van der Waals surface area contributed by atoms with Gasteiger partial charge in [-0.2, -0.15) is 0 Å². The number of hydrogen-bond donors (Lipinski definition) is 2. The van der Waals surface area contributed by atoms with Gasteiger partial charge >= 0.3 is 0 Å². The lowest BCUT2D eigenvalue weighted by atomic mass is 9.92. The molecule has 0 bridgehead atoms. The quantitative estimate of drug-likeness (QED) is 0.319. The van der Waals surface area contributed by atoms with Crippen molar-refractivity contribution in [2.45, 2.75) is 57.4 Å². The second-order valence-electron chi connectivity index (χ2n) is 7.63. The topological polar surface area (TPSA) is 48.8 Å². The Morgan fingerprint density at radius 3 is 2.74 bits per heavy atom. The Balaban J connectivity index is 2.32. The Hall–Kier alpha value is -2.79. The van der Waals surface area contributed by atoms with Crippen LogP contribution in [0.2, 0.25) is 0 Å². The standard InChI is InChI=1S/C26H35FN4/c1-4-21(22-10-9-11-24(27)19-22)18-23(14-17-29-5-2)26(15-16-28-3)31-20-30-25-12-7-6-8-13-25/h5,9-11,14-19,21,25,29-30H,2-4,6-8,12-13,20H2,1H3/b16-15-,17-14-,23-18+,31-26?. The molecule has 5 heteroatoms. The Kier molecular flexibility index (Phi) is 11.3. The Morgan fingerprint density at radius 2 is 2.06 bits per heavy atom. The van der Waals surface area contributed by atoms with Gasteiger partial charge in [-0.1, -0.05) is 51.0 Å². The first-order valence-corrected chi connectivity index (χ1v) is 11.1. The first-order chi connectivity index (χ1) is 15.2. The number of nitrogens with zero attached hydrogens (tertiary/aromatic N) is 2. The van der Waals surface area contributed by atoms with Crippen LogP contribution in [0.3, 0.4) is 0 Å². The highest BCUT2D eigenvalue weighted by Gasteiger charge is 2.13. The number of halogens is 1. The third-order valence-electron chi connectivity index (χ3n) is 5.44. The Morgan fingerprint density at radius 1 is 1.26 bits per heavy atom. The van der Waals surface area contributed by atoms with Crippen LogP contribution >= 0.6 is 0 Å². The molecule has 0 radical (unpaired) electrons. The average molecular weight is 423 g/mol. The molecule has 0 aromatic heterocycles. The van der Waals surface area contributed by atoms with Gasteiger partial charge in [0.25, 0.3) is 0 Å². The molecular weight excluding hydrogens is 387 g/mol. The van der Waals surface area contributed by atoms with E-state index in [9.17, 15) is 4.39 Å². The van der Waals surface area contributed by atoms with Gasteiger partial charge in [-0.25, -0.2) is 4.39 Å². The van der Waals surface area contributed by atoms with Crippen molar-refractivity contribution in [2.75, 3.05) is 6.67 Å². The molecule has 0 spiro atoms. The highest BCUT2D eigenvalue weighted by atomic mass is 19.1. The summed E-state index contributed by atoms with van der Waals surface area (Å²) in [7, 11) is 0.